The highest BCUT2D eigenvalue weighted by molar-refractivity contribution is 5.79. The lowest BCUT2D eigenvalue weighted by Gasteiger charge is -2.11. The summed E-state index contributed by atoms with van der Waals surface area (Å²) in [5.74, 6) is 0.992. The maximum Gasteiger partial charge on any atom is 0.150 e. The Morgan fingerprint density at radius 2 is 2.12 bits per heavy atom. The van der Waals surface area contributed by atoms with Crippen molar-refractivity contribution in [1.29, 1.82) is 0 Å². The molecule has 2 rings (SSSR count). The largest absolute Gasteiger partial charge is 0.493 e. The summed E-state index contributed by atoms with van der Waals surface area (Å²) in [6.45, 7) is 2.94. The zero-order chi connectivity index (χ0) is 11.4. The molecule has 1 aromatic rings. The second-order valence-electron chi connectivity index (χ2n) is 4.28. The molecule has 1 aliphatic rings. The van der Waals surface area contributed by atoms with Crippen molar-refractivity contribution in [3.05, 3.63) is 28.8 Å². The first-order valence-electron chi connectivity index (χ1n) is 6.09. The van der Waals surface area contributed by atoms with Crippen molar-refractivity contribution >= 4 is 6.29 Å². The fraction of sp³-hybridized carbons (Fsp3) is 0.500. The van der Waals surface area contributed by atoms with E-state index < -0.39 is 0 Å². The van der Waals surface area contributed by atoms with Gasteiger partial charge in [-0.25, -0.2) is 0 Å². The first kappa shape index (κ1) is 11.2. The molecule has 0 N–H and O–H groups in total. The summed E-state index contributed by atoms with van der Waals surface area (Å²) >= 11 is 0. The van der Waals surface area contributed by atoms with Gasteiger partial charge in [-0.3, -0.25) is 4.79 Å². The lowest BCUT2D eigenvalue weighted by molar-refractivity contribution is 0.112. The van der Waals surface area contributed by atoms with Crippen LogP contribution >= 0.6 is 0 Å². The maximum atomic E-state index is 10.9. The van der Waals surface area contributed by atoms with Crippen LogP contribution in [0.1, 0.15) is 47.7 Å². The fourth-order valence-electron chi connectivity index (χ4n) is 2.27. The average Bonchev–Trinajstić information content (AvgIpc) is 2.79. The molecule has 0 amide bonds. The number of hydrogen-bond acceptors (Lipinski definition) is 2. The van der Waals surface area contributed by atoms with E-state index in [-0.39, 0.29) is 0 Å². The molecule has 2 nitrogen and oxygen atoms in total. The van der Waals surface area contributed by atoms with Crippen LogP contribution < -0.4 is 4.74 Å². The maximum absolute atomic E-state index is 10.9. The summed E-state index contributed by atoms with van der Waals surface area (Å²) in [5.41, 5.74) is 3.32. The smallest absolute Gasteiger partial charge is 0.150 e. The number of carbonyl (C=O) groups excluding carboxylic acids is 1. The molecule has 0 heterocycles. The third kappa shape index (κ3) is 2.11. The Morgan fingerprint density at radius 3 is 2.88 bits per heavy atom. The predicted octanol–water partition coefficient (Wildman–Crippen LogP) is 3.17. The van der Waals surface area contributed by atoms with Gasteiger partial charge in [0.1, 0.15) is 12.0 Å². The van der Waals surface area contributed by atoms with Crippen LogP contribution in [0.4, 0.5) is 0 Å². The van der Waals surface area contributed by atoms with Crippen LogP contribution in [-0.4, -0.2) is 12.9 Å². The lowest BCUT2D eigenvalue weighted by atomic mass is 10.0. The standard InChI is InChI=1S/C14H18O2/c1-2-3-9-16-14-8-7-11(10-15)12-5-4-6-13(12)14/h7-8,10H,2-6,9H2,1H3. The quantitative estimate of drug-likeness (QED) is 0.560. The highest BCUT2D eigenvalue weighted by Crippen LogP contribution is 2.32. The number of aldehydes is 1. The SMILES string of the molecule is CCCCOc1ccc(C=O)c2c1CCC2. The molecule has 0 spiro atoms. The molecule has 0 atom stereocenters. The van der Waals surface area contributed by atoms with Gasteiger partial charge < -0.3 is 4.74 Å². The van der Waals surface area contributed by atoms with Gasteiger partial charge in [0, 0.05) is 5.56 Å². The summed E-state index contributed by atoms with van der Waals surface area (Å²) in [6.07, 6.45) is 6.41. The third-order valence-corrected chi connectivity index (χ3v) is 3.16. The number of benzene rings is 1. The van der Waals surface area contributed by atoms with E-state index in [0.717, 1.165) is 56.3 Å². The molecule has 0 saturated carbocycles. The zero-order valence-corrected chi connectivity index (χ0v) is 9.79. The van der Waals surface area contributed by atoms with Crippen LogP contribution in [0.3, 0.4) is 0 Å². The summed E-state index contributed by atoms with van der Waals surface area (Å²) in [4.78, 5) is 10.9. The van der Waals surface area contributed by atoms with E-state index in [1.807, 2.05) is 12.1 Å². The Balaban J connectivity index is 2.20. The number of fused-ring (bicyclic) bond motifs is 1. The van der Waals surface area contributed by atoms with Crippen molar-refractivity contribution in [2.45, 2.75) is 39.0 Å². The molecular formula is C14H18O2. The summed E-state index contributed by atoms with van der Waals surface area (Å²) in [5, 5.41) is 0. The number of carbonyl (C=O) groups is 1. The van der Waals surface area contributed by atoms with Gasteiger partial charge >= 0.3 is 0 Å². The molecule has 1 aromatic carbocycles. The van der Waals surface area contributed by atoms with E-state index in [2.05, 4.69) is 6.92 Å². The van der Waals surface area contributed by atoms with Crippen LogP contribution in [0.2, 0.25) is 0 Å². The Morgan fingerprint density at radius 1 is 1.31 bits per heavy atom. The molecule has 0 saturated heterocycles. The van der Waals surface area contributed by atoms with Crippen molar-refractivity contribution in [2.24, 2.45) is 0 Å². The normalized spacial score (nSPS) is 13.6. The van der Waals surface area contributed by atoms with E-state index in [9.17, 15) is 4.79 Å². The van der Waals surface area contributed by atoms with Gasteiger partial charge in [-0.05, 0) is 48.9 Å². The minimum atomic E-state index is 0.781. The van der Waals surface area contributed by atoms with E-state index in [1.54, 1.807) is 0 Å². The first-order valence-corrected chi connectivity index (χ1v) is 6.09. The molecule has 0 unspecified atom stereocenters. The van der Waals surface area contributed by atoms with Crippen LogP contribution in [0, 0.1) is 0 Å². The van der Waals surface area contributed by atoms with Gasteiger partial charge in [0.15, 0.2) is 0 Å². The highest BCUT2D eigenvalue weighted by atomic mass is 16.5. The van der Waals surface area contributed by atoms with E-state index >= 15 is 0 Å². The zero-order valence-electron chi connectivity index (χ0n) is 9.79. The van der Waals surface area contributed by atoms with Crippen molar-refractivity contribution in [1.82, 2.24) is 0 Å². The van der Waals surface area contributed by atoms with Gasteiger partial charge in [0.05, 0.1) is 6.61 Å². The van der Waals surface area contributed by atoms with Crippen LogP contribution in [0.25, 0.3) is 0 Å². The third-order valence-electron chi connectivity index (χ3n) is 3.16. The minimum absolute atomic E-state index is 0.781. The van der Waals surface area contributed by atoms with Gasteiger partial charge in [-0.1, -0.05) is 13.3 Å². The lowest BCUT2D eigenvalue weighted by Crippen LogP contribution is -2.01. The van der Waals surface area contributed by atoms with Crippen LogP contribution in [-0.2, 0) is 12.8 Å². The van der Waals surface area contributed by atoms with Crippen LogP contribution in [0.5, 0.6) is 5.75 Å². The summed E-state index contributed by atoms with van der Waals surface area (Å²) in [6, 6.07) is 3.84. The summed E-state index contributed by atoms with van der Waals surface area (Å²) in [7, 11) is 0. The molecule has 2 heteroatoms. The molecule has 0 aliphatic heterocycles. The van der Waals surface area contributed by atoms with Crippen molar-refractivity contribution < 1.29 is 9.53 Å². The topological polar surface area (TPSA) is 26.3 Å². The number of rotatable bonds is 5. The monoisotopic (exact) mass is 218 g/mol. The average molecular weight is 218 g/mol. The Kier molecular flexibility index (Phi) is 3.60. The van der Waals surface area contributed by atoms with Gasteiger partial charge in [-0.2, -0.15) is 0 Å². The Labute approximate surface area is 96.6 Å². The van der Waals surface area contributed by atoms with Crippen molar-refractivity contribution in [3.63, 3.8) is 0 Å². The van der Waals surface area contributed by atoms with Crippen molar-refractivity contribution in [2.75, 3.05) is 6.61 Å². The molecular weight excluding hydrogens is 200 g/mol. The Bertz CT molecular complexity index is 383. The van der Waals surface area contributed by atoms with Gasteiger partial charge in [-0.15, -0.1) is 0 Å². The fourth-order valence-corrected chi connectivity index (χ4v) is 2.27. The van der Waals surface area contributed by atoms with Crippen LogP contribution in [0.15, 0.2) is 12.1 Å². The van der Waals surface area contributed by atoms with Gasteiger partial charge in [0.25, 0.3) is 0 Å². The molecule has 1 aliphatic carbocycles. The second-order valence-corrected chi connectivity index (χ2v) is 4.28. The Hall–Kier alpha value is -1.31. The van der Waals surface area contributed by atoms with Crippen molar-refractivity contribution in [3.8, 4) is 5.75 Å². The first-order chi connectivity index (χ1) is 7.86. The van der Waals surface area contributed by atoms with E-state index in [4.69, 9.17) is 4.74 Å². The molecule has 86 valence electrons. The molecule has 0 bridgehead atoms. The summed E-state index contributed by atoms with van der Waals surface area (Å²) < 4.78 is 5.77. The number of unbranched alkanes of at least 4 members (excludes halogenated alkanes) is 1. The molecule has 0 fully saturated rings. The molecule has 16 heavy (non-hydrogen) atoms. The predicted molar refractivity (Wildman–Crippen MR) is 64.3 cm³/mol. The number of ether oxygens (including phenoxy) is 1. The van der Waals surface area contributed by atoms with E-state index in [1.165, 1.54) is 11.1 Å². The molecule has 0 aromatic heterocycles. The van der Waals surface area contributed by atoms with E-state index in [0.29, 0.717) is 0 Å². The highest BCUT2D eigenvalue weighted by Gasteiger charge is 2.18. The molecule has 0 radical (unpaired) electrons. The van der Waals surface area contributed by atoms with Gasteiger partial charge in [0.2, 0.25) is 0 Å². The number of hydrogen-bond donors (Lipinski definition) is 0. The second kappa shape index (κ2) is 5.15. The minimum Gasteiger partial charge on any atom is -0.493 e.